The summed E-state index contributed by atoms with van der Waals surface area (Å²) in [4.78, 5) is 32.1. The van der Waals surface area contributed by atoms with E-state index in [0.717, 1.165) is 18.2 Å². The molecule has 42 heavy (non-hydrogen) atoms. The molecule has 220 valence electrons. The van der Waals surface area contributed by atoms with E-state index < -0.39 is 66.0 Å². The molecule has 2 amide bonds. The smallest absolute Gasteiger partial charge is 0.373 e. The first-order chi connectivity index (χ1) is 19.9. The van der Waals surface area contributed by atoms with E-state index in [1.807, 2.05) is 0 Å². The van der Waals surface area contributed by atoms with Crippen molar-refractivity contribution in [1.82, 2.24) is 9.97 Å². The molecule has 2 N–H and O–H groups in total. The normalized spacial score (nSPS) is 15.6. The van der Waals surface area contributed by atoms with Crippen LogP contribution >= 0.6 is 0 Å². The standard InChI is InChI=1S/C28H21F7N4O3/c29-17-6-4-16(5-7-17)18(13-22(30)31)26(40)38-24-12-15(9-10-36-24)3-8-20-25(39-27(41)28(33,34)35)19(14-23(32)37-20)21-2-1-11-42-21/h4-7,9-10,12,14,18,21-22H,1-2,11,13H2,(H,39,41)(H,36,38,40). The summed E-state index contributed by atoms with van der Waals surface area (Å²) in [6.07, 6.45) is -7.60. The van der Waals surface area contributed by atoms with E-state index in [1.165, 1.54) is 30.5 Å². The minimum Gasteiger partial charge on any atom is -0.373 e. The highest BCUT2D eigenvalue weighted by molar-refractivity contribution is 5.97. The van der Waals surface area contributed by atoms with Crippen molar-refractivity contribution >= 4 is 23.3 Å². The third-order valence-electron chi connectivity index (χ3n) is 6.13. The Bertz CT molecular complexity index is 1510. The highest BCUT2D eigenvalue weighted by Gasteiger charge is 2.40. The minimum absolute atomic E-state index is 0.0598. The summed E-state index contributed by atoms with van der Waals surface area (Å²) in [6, 6.07) is 7.95. The molecule has 1 aliphatic heterocycles. The van der Waals surface area contributed by atoms with Gasteiger partial charge in [0.25, 0.3) is 0 Å². The fourth-order valence-corrected chi connectivity index (χ4v) is 4.20. The predicted octanol–water partition coefficient (Wildman–Crippen LogP) is 5.88. The molecule has 2 unspecified atom stereocenters. The molecule has 3 aromatic rings. The molecule has 1 saturated heterocycles. The molecule has 4 rings (SSSR count). The van der Waals surface area contributed by atoms with Crippen LogP contribution in [0.25, 0.3) is 0 Å². The number of ether oxygens (including phenoxy) is 1. The zero-order chi connectivity index (χ0) is 30.4. The van der Waals surface area contributed by atoms with Crippen LogP contribution in [0, 0.1) is 23.6 Å². The molecule has 0 saturated carbocycles. The van der Waals surface area contributed by atoms with E-state index in [-0.39, 0.29) is 29.1 Å². The van der Waals surface area contributed by atoms with Gasteiger partial charge in [-0.15, -0.1) is 0 Å². The highest BCUT2D eigenvalue weighted by Crippen LogP contribution is 2.36. The Kier molecular flexibility index (Phi) is 9.41. The number of amides is 2. The largest absolute Gasteiger partial charge is 0.471 e. The maximum absolute atomic E-state index is 14.4. The number of carbonyl (C=O) groups excluding carboxylic acids is 2. The number of hydrogen-bond acceptors (Lipinski definition) is 5. The van der Waals surface area contributed by atoms with Gasteiger partial charge in [0.15, 0.2) is 0 Å². The fraction of sp³-hybridized carbons (Fsp3) is 0.286. The van der Waals surface area contributed by atoms with Crippen LogP contribution in [0.3, 0.4) is 0 Å². The lowest BCUT2D eigenvalue weighted by Crippen LogP contribution is -2.31. The van der Waals surface area contributed by atoms with Crippen molar-refractivity contribution in [3.8, 4) is 11.8 Å². The summed E-state index contributed by atoms with van der Waals surface area (Å²) in [5.41, 5.74) is -0.748. The van der Waals surface area contributed by atoms with Crippen LogP contribution in [0.4, 0.5) is 42.2 Å². The van der Waals surface area contributed by atoms with E-state index in [9.17, 15) is 40.3 Å². The lowest BCUT2D eigenvalue weighted by atomic mass is 9.95. The summed E-state index contributed by atoms with van der Waals surface area (Å²) >= 11 is 0. The zero-order valence-electron chi connectivity index (χ0n) is 21.4. The number of hydrogen-bond donors (Lipinski definition) is 2. The molecule has 2 atom stereocenters. The molecule has 0 radical (unpaired) electrons. The number of rotatable bonds is 7. The maximum Gasteiger partial charge on any atom is 0.471 e. The quantitative estimate of drug-likeness (QED) is 0.202. The summed E-state index contributed by atoms with van der Waals surface area (Å²) in [7, 11) is 0. The monoisotopic (exact) mass is 594 g/mol. The van der Waals surface area contributed by atoms with Gasteiger partial charge in [-0.2, -0.15) is 17.6 Å². The van der Waals surface area contributed by atoms with E-state index in [1.54, 1.807) is 5.32 Å². The SMILES string of the molecule is O=C(Nc1cc(C#Cc2nc(F)cc(C3CCCO3)c2NC(=O)C(F)(F)F)ccn1)C(CC(F)F)c1ccc(F)cc1. The van der Waals surface area contributed by atoms with Crippen molar-refractivity contribution in [3.05, 3.63) is 82.8 Å². The number of carbonyl (C=O) groups is 2. The van der Waals surface area contributed by atoms with E-state index in [0.29, 0.717) is 12.8 Å². The molecule has 3 heterocycles. The summed E-state index contributed by atoms with van der Waals surface area (Å²) in [5, 5.41) is 4.10. The number of anilines is 2. The Morgan fingerprint density at radius 1 is 1.05 bits per heavy atom. The highest BCUT2D eigenvalue weighted by atomic mass is 19.4. The first-order valence-corrected chi connectivity index (χ1v) is 12.4. The van der Waals surface area contributed by atoms with E-state index >= 15 is 0 Å². The predicted molar refractivity (Wildman–Crippen MR) is 135 cm³/mol. The second-order valence-corrected chi connectivity index (χ2v) is 9.11. The van der Waals surface area contributed by atoms with Gasteiger partial charge in [-0.05, 0) is 48.6 Å². The van der Waals surface area contributed by atoms with Crippen LogP contribution in [-0.2, 0) is 14.3 Å². The number of benzene rings is 1. The molecule has 2 aromatic heterocycles. The molecular formula is C28H21F7N4O3. The number of nitrogens with one attached hydrogen (secondary N) is 2. The Morgan fingerprint density at radius 3 is 2.43 bits per heavy atom. The van der Waals surface area contributed by atoms with Crippen LogP contribution in [0.1, 0.15) is 53.7 Å². The molecule has 14 heteroatoms. The lowest BCUT2D eigenvalue weighted by molar-refractivity contribution is -0.167. The number of halogens is 7. The maximum atomic E-state index is 14.4. The number of pyridine rings is 2. The van der Waals surface area contributed by atoms with Crippen LogP contribution in [-0.4, -0.2) is 41.0 Å². The van der Waals surface area contributed by atoms with Gasteiger partial charge >= 0.3 is 12.1 Å². The third-order valence-corrected chi connectivity index (χ3v) is 6.13. The van der Waals surface area contributed by atoms with Crippen LogP contribution in [0.5, 0.6) is 0 Å². The van der Waals surface area contributed by atoms with Gasteiger partial charge in [0.05, 0.1) is 17.7 Å². The molecule has 7 nitrogen and oxygen atoms in total. The lowest BCUT2D eigenvalue weighted by Gasteiger charge is -2.18. The Morgan fingerprint density at radius 2 is 1.79 bits per heavy atom. The Labute approximate surface area is 234 Å². The molecule has 1 fully saturated rings. The molecule has 1 aliphatic rings. The van der Waals surface area contributed by atoms with Crippen molar-refractivity contribution in [3.63, 3.8) is 0 Å². The molecular weight excluding hydrogens is 573 g/mol. The van der Waals surface area contributed by atoms with Gasteiger partial charge in [0, 0.05) is 36.4 Å². The fourth-order valence-electron chi connectivity index (χ4n) is 4.20. The third kappa shape index (κ3) is 7.82. The van der Waals surface area contributed by atoms with Crippen molar-refractivity contribution in [1.29, 1.82) is 0 Å². The summed E-state index contributed by atoms with van der Waals surface area (Å²) < 4.78 is 98.6. The first kappa shape index (κ1) is 30.4. The van der Waals surface area contributed by atoms with Gasteiger partial charge < -0.3 is 15.4 Å². The van der Waals surface area contributed by atoms with Crippen molar-refractivity contribution < 1.29 is 45.1 Å². The minimum atomic E-state index is -5.25. The molecule has 1 aromatic carbocycles. The van der Waals surface area contributed by atoms with Gasteiger partial charge in [0.1, 0.15) is 17.3 Å². The molecule has 0 aliphatic carbocycles. The second kappa shape index (κ2) is 13.0. The van der Waals surface area contributed by atoms with Gasteiger partial charge in [0.2, 0.25) is 18.3 Å². The Hall–Kier alpha value is -4.51. The summed E-state index contributed by atoms with van der Waals surface area (Å²) in [5.74, 6) is -1.29. The van der Waals surface area contributed by atoms with Crippen molar-refractivity contribution in [2.24, 2.45) is 0 Å². The topological polar surface area (TPSA) is 93.2 Å². The van der Waals surface area contributed by atoms with Gasteiger partial charge in [-0.3, -0.25) is 9.59 Å². The molecule has 0 spiro atoms. The number of alkyl halides is 5. The van der Waals surface area contributed by atoms with E-state index in [2.05, 4.69) is 27.1 Å². The van der Waals surface area contributed by atoms with Crippen molar-refractivity contribution in [2.75, 3.05) is 17.2 Å². The van der Waals surface area contributed by atoms with E-state index in [4.69, 9.17) is 4.74 Å². The van der Waals surface area contributed by atoms with Crippen LogP contribution < -0.4 is 10.6 Å². The molecule has 0 bridgehead atoms. The second-order valence-electron chi connectivity index (χ2n) is 9.11. The Balaban J connectivity index is 1.63. The van der Waals surface area contributed by atoms with Crippen LogP contribution in [0.2, 0.25) is 0 Å². The van der Waals surface area contributed by atoms with Crippen molar-refractivity contribution in [2.45, 2.75) is 43.9 Å². The van der Waals surface area contributed by atoms with Crippen LogP contribution in [0.15, 0.2) is 48.7 Å². The average molecular weight is 594 g/mol. The number of nitrogens with zero attached hydrogens (tertiary/aromatic N) is 2. The number of aromatic nitrogens is 2. The van der Waals surface area contributed by atoms with Gasteiger partial charge in [-0.25, -0.2) is 23.1 Å². The zero-order valence-corrected chi connectivity index (χ0v) is 21.4. The van der Waals surface area contributed by atoms with Gasteiger partial charge in [-0.1, -0.05) is 18.1 Å². The summed E-state index contributed by atoms with van der Waals surface area (Å²) in [6.45, 7) is 0.285. The average Bonchev–Trinajstić information content (AvgIpc) is 3.46. The first-order valence-electron chi connectivity index (χ1n) is 12.4.